The van der Waals surface area contributed by atoms with Gasteiger partial charge in [0.15, 0.2) is 0 Å². The van der Waals surface area contributed by atoms with E-state index < -0.39 is 0 Å². The number of fused-ring (bicyclic) bond motifs is 1. The predicted molar refractivity (Wildman–Crippen MR) is 94.1 cm³/mol. The number of amides is 1. The lowest BCUT2D eigenvalue weighted by molar-refractivity contribution is -0.120. The monoisotopic (exact) mass is 345 g/mol. The molecule has 0 bridgehead atoms. The first-order chi connectivity index (χ1) is 11.5. The molecule has 2 heterocycles. The van der Waals surface area contributed by atoms with E-state index in [-0.39, 0.29) is 5.91 Å². The topological polar surface area (TPSA) is 75.6 Å². The number of halogens is 1. The maximum absolute atomic E-state index is 12.2. The summed E-state index contributed by atoms with van der Waals surface area (Å²) in [5.41, 5.74) is 1.92. The second kappa shape index (κ2) is 7.05. The Morgan fingerprint density at radius 1 is 1.42 bits per heavy atom. The van der Waals surface area contributed by atoms with Crippen LogP contribution in [0.5, 0.6) is 0 Å². The van der Waals surface area contributed by atoms with Crippen molar-refractivity contribution in [1.82, 2.24) is 25.1 Å². The van der Waals surface area contributed by atoms with Gasteiger partial charge in [0.25, 0.3) is 0 Å². The van der Waals surface area contributed by atoms with Gasteiger partial charge in [-0.15, -0.1) is 10.2 Å². The minimum absolute atomic E-state index is 0.0185. The van der Waals surface area contributed by atoms with Crippen molar-refractivity contribution in [3.05, 3.63) is 47.1 Å². The second-order valence-corrected chi connectivity index (χ2v) is 6.50. The van der Waals surface area contributed by atoms with Gasteiger partial charge in [-0.2, -0.15) is 0 Å². The van der Waals surface area contributed by atoms with Crippen molar-refractivity contribution in [2.45, 2.75) is 32.7 Å². The van der Waals surface area contributed by atoms with Crippen LogP contribution in [0, 0.1) is 0 Å². The third-order valence-electron chi connectivity index (χ3n) is 3.92. The van der Waals surface area contributed by atoms with E-state index in [1.54, 1.807) is 6.33 Å². The average molecular weight is 346 g/mol. The van der Waals surface area contributed by atoms with Gasteiger partial charge in [0.1, 0.15) is 12.2 Å². The number of nitrogens with one attached hydrogen (secondary N) is 2. The molecule has 3 aromatic rings. The van der Waals surface area contributed by atoms with Crippen LogP contribution in [0.1, 0.15) is 31.2 Å². The normalized spacial score (nSPS) is 11.3. The summed E-state index contributed by atoms with van der Waals surface area (Å²) in [4.78, 5) is 15.3. The van der Waals surface area contributed by atoms with Gasteiger partial charge in [-0.05, 0) is 23.8 Å². The number of rotatable bonds is 6. The summed E-state index contributed by atoms with van der Waals surface area (Å²) < 4.78 is 1.97. The van der Waals surface area contributed by atoms with Gasteiger partial charge >= 0.3 is 0 Å². The lowest BCUT2D eigenvalue weighted by Crippen LogP contribution is -2.28. The van der Waals surface area contributed by atoms with Crippen molar-refractivity contribution >= 4 is 28.4 Å². The highest BCUT2D eigenvalue weighted by Gasteiger charge is 2.11. The SMILES string of the molecule is CC(C)c1nncn1CCNC(=O)Cc1c[nH]c2ccc(Cl)cc12. The van der Waals surface area contributed by atoms with Gasteiger partial charge in [-0.3, -0.25) is 4.79 Å². The summed E-state index contributed by atoms with van der Waals surface area (Å²) in [5, 5.41) is 12.6. The summed E-state index contributed by atoms with van der Waals surface area (Å²) in [6.07, 6.45) is 3.87. The van der Waals surface area contributed by atoms with Gasteiger partial charge < -0.3 is 14.9 Å². The molecule has 0 saturated carbocycles. The van der Waals surface area contributed by atoms with Crippen molar-refractivity contribution in [3.8, 4) is 0 Å². The molecule has 0 saturated heterocycles. The quantitative estimate of drug-likeness (QED) is 0.721. The molecule has 126 valence electrons. The van der Waals surface area contributed by atoms with Crippen LogP contribution in [0.15, 0.2) is 30.7 Å². The Morgan fingerprint density at radius 2 is 2.25 bits per heavy atom. The van der Waals surface area contributed by atoms with Gasteiger partial charge in [-0.1, -0.05) is 25.4 Å². The molecule has 0 fully saturated rings. The van der Waals surface area contributed by atoms with Gasteiger partial charge in [0, 0.05) is 41.1 Å². The van der Waals surface area contributed by atoms with Crippen molar-refractivity contribution < 1.29 is 4.79 Å². The maximum Gasteiger partial charge on any atom is 0.224 e. The van der Waals surface area contributed by atoms with Crippen LogP contribution in [-0.2, 0) is 17.8 Å². The Bertz CT molecular complexity index is 852. The Morgan fingerprint density at radius 3 is 3.04 bits per heavy atom. The molecule has 3 rings (SSSR count). The average Bonchev–Trinajstić information content (AvgIpc) is 3.15. The van der Waals surface area contributed by atoms with Crippen LogP contribution < -0.4 is 5.32 Å². The van der Waals surface area contributed by atoms with Crippen LogP contribution >= 0.6 is 11.6 Å². The zero-order valence-corrected chi connectivity index (χ0v) is 14.5. The smallest absolute Gasteiger partial charge is 0.224 e. The minimum Gasteiger partial charge on any atom is -0.361 e. The van der Waals surface area contributed by atoms with E-state index in [4.69, 9.17) is 11.6 Å². The molecule has 1 aromatic carbocycles. The summed E-state index contributed by atoms with van der Waals surface area (Å²) in [7, 11) is 0. The summed E-state index contributed by atoms with van der Waals surface area (Å²) in [5.74, 6) is 1.21. The maximum atomic E-state index is 12.2. The zero-order chi connectivity index (χ0) is 17.1. The van der Waals surface area contributed by atoms with Crippen molar-refractivity contribution in [2.75, 3.05) is 6.54 Å². The van der Waals surface area contributed by atoms with E-state index in [9.17, 15) is 4.79 Å². The molecule has 0 radical (unpaired) electrons. The third-order valence-corrected chi connectivity index (χ3v) is 4.15. The number of hydrogen-bond donors (Lipinski definition) is 2. The lowest BCUT2D eigenvalue weighted by Gasteiger charge is -2.09. The first-order valence-electron chi connectivity index (χ1n) is 7.94. The minimum atomic E-state index is -0.0185. The van der Waals surface area contributed by atoms with E-state index in [0.29, 0.717) is 30.5 Å². The highest BCUT2D eigenvalue weighted by Crippen LogP contribution is 2.22. The number of carbonyl (C=O) groups is 1. The molecule has 2 N–H and O–H groups in total. The molecule has 0 atom stereocenters. The second-order valence-electron chi connectivity index (χ2n) is 6.07. The summed E-state index contributed by atoms with van der Waals surface area (Å²) in [6, 6.07) is 5.62. The van der Waals surface area contributed by atoms with E-state index in [1.807, 2.05) is 29.0 Å². The Hall–Kier alpha value is -2.34. The molecule has 0 aliphatic heterocycles. The molecule has 0 aliphatic carbocycles. The van der Waals surface area contributed by atoms with Crippen LogP contribution in [0.25, 0.3) is 10.9 Å². The Balaban J connectivity index is 1.57. The van der Waals surface area contributed by atoms with Crippen LogP contribution in [0.4, 0.5) is 0 Å². The molecular formula is C17H20ClN5O. The molecule has 6 nitrogen and oxygen atoms in total. The number of hydrogen-bond acceptors (Lipinski definition) is 3. The summed E-state index contributed by atoms with van der Waals surface area (Å²) >= 11 is 6.04. The Kier molecular flexibility index (Phi) is 4.85. The fraction of sp³-hybridized carbons (Fsp3) is 0.353. The number of H-pyrrole nitrogens is 1. The van der Waals surface area contributed by atoms with Crippen LogP contribution in [0.3, 0.4) is 0 Å². The van der Waals surface area contributed by atoms with Crippen molar-refractivity contribution in [1.29, 1.82) is 0 Å². The van der Waals surface area contributed by atoms with Gasteiger partial charge in [0.2, 0.25) is 5.91 Å². The van der Waals surface area contributed by atoms with Crippen LogP contribution in [-0.4, -0.2) is 32.2 Å². The molecule has 0 aliphatic rings. The number of carbonyl (C=O) groups excluding carboxylic acids is 1. The first-order valence-corrected chi connectivity index (χ1v) is 8.32. The molecular weight excluding hydrogens is 326 g/mol. The van der Waals surface area contributed by atoms with E-state index >= 15 is 0 Å². The van der Waals surface area contributed by atoms with E-state index in [1.165, 1.54) is 0 Å². The fourth-order valence-electron chi connectivity index (χ4n) is 2.73. The predicted octanol–water partition coefficient (Wildman–Crippen LogP) is 2.90. The van der Waals surface area contributed by atoms with E-state index in [2.05, 4.69) is 34.3 Å². The van der Waals surface area contributed by atoms with E-state index in [0.717, 1.165) is 22.3 Å². The highest BCUT2D eigenvalue weighted by atomic mass is 35.5. The van der Waals surface area contributed by atoms with Gasteiger partial charge in [-0.25, -0.2) is 0 Å². The number of aromatic nitrogens is 4. The molecule has 0 unspecified atom stereocenters. The third kappa shape index (κ3) is 3.59. The van der Waals surface area contributed by atoms with Crippen molar-refractivity contribution in [3.63, 3.8) is 0 Å². The van der Waals surface area contributed by atoms with Crippen LogP contribution in [0.2, 0.25) is 5.02 Å². The molecule has 7 heteroatoms. The molecule has 0 spiro atoms. The summed E-state index contributed by atoms with van der Waals surface area (Å²) in [6.45, 7) is 5.34. The number of nitrogens with zero attached hydrogens (tertiary/aromatic N) is 3. The largest absolute Gasteiger partial charge is 0.361 e. The standard InChI is InChI=1S/C17H20ClN5O/c1-11(2)17-22-21-10-23(17)6-5-19-16(24)7-12-9-20-15-4-3-13(18)8-14(12)15/h3-4,8-11,20H,5-7H2,1-2H3,(H,19,24). The molecule has 24 heavy (non-hydrogen) atoms. The molecule has 1 amide bonds. The fourth-order valence-corrected chi connectivity index (χ4v) is 2.90. The Labute approximate surface area is 145 Å². The first kappa shape index (κ1) is 16.5. The molecule has 2 aromatic heterocycles. The van der Waals surface area contributed by atoms with Crippen molar-refractivity contribution in [2.24, 2.45) is 0 Å². The number of aromatic amines is 1. The zero-order valence-electron chi connectivity index (χ0n) is 13.7. The number of benzene rings is 1. The van der Waals surface area contributed by atoms with Gasteiger partial charge in [0.05, 0.1) is 6.42 Å². The highest BCUT2D eigenvalue weighted by molar-refractivity contribution is 6.31. The lowest BCUT2D eigenvalue weighted by atomic mass is 10.1.